The predicted molar refractivity (Wildman–Crippen MR) is 80.8 cm³/mol. The van der Waals surface area contributed by atoms with Gasteiger partial charge in [0.2, 0.25) is 0 Å². The summed E-state index contributed by atoms with van der Waals surface area (Å²) in [4.78, 5) is 23.5. The number of hydrogen-bond donors (Lipinski definition) is 0. The molecule has 4 rings (SSSR count). The number of carbonyl (C=O) groups is 2. The number of allylic oxidation sites excluding steroid dienone is 1. The molecular weight excluding hydrogens is 296 g/mol. The van der Waals surface area contributed by atoms with Crippen LogP contribution in [0.15, 0.2) is 34.6 Å². The van der Waals surface area contributed by atoms with E-state index in [1.165, 1.54) is 23.8 Å². The van der Waals surface area contributed by atoms with Crippen molar-refractivity contribution in [1.29, 1.82) is 0 Å². The molecule has 2 heterocycles. The number of hydrogen-bond acceptors (Lipinski definition) is 5. The van der Waals surface area contributed by atoms with Crippen LogP contribution in [0.25, 0.3) is 0 Å². The van der Waals surface area contributed by atoms with E-state index in [1.54, 1.807) is 13.0 Å². The third-order valence-corrected chi connectivity index (χ3v) is 5.32. The molecule has 1 saturated heterocycles. The normalized spacial score (nSPS) is 37.5. The summed E-state index contributed by atoms with van der Waals surface area (Å²) >= 11 is 0. The molecule has 0 bridgehead atoms. The highest BCUT2D eigenvalue weighted by Gasteiger charge is 2.49. The summed E-state index contributed by atoms with van der Waals surface area (Å²) in [7, 11) is 0. The van der Waals surface area contributed by atoms with Gasteiger partial charge in [-0.15, -0.1) is 0 Å². The maximum absolute atomic E-state index is 12.2. The van der Waals surface area contributed by atoms with Crippen molar-refractivity contribution in [2.24, 2.45) is 11.8 Å². The quantitative estimate of drug-likeness (QED) is 0.339. The Labute approximate surface area is 135 Å². The number of rotatable bonds is 2. The molecule has 122 valence electrons. The van der Waals surface area contributed by atoms with E-state index in [9.17, 15) is 9.59 Å². The van der Waals surface area contributed by atoms with E-state index >= 15 is 0 Å². The molecule has 4 atom stereocenters. The topological polar surface area (TPSA) is 61.8 Å². The molecule has 5 heteroatoms. The minimum Gasteiger partial charge on any atom is -0.458 e. The summed E-state index contributed by atoms with van der Waals surface area (Å²) in [5, 5.41) is 0. The molecule has 5 nitrogen and oxygen atoms in total. The fraction of sp³-hybridized carbons (Fsp3) is 0.556. The zero-order valence-corrected chi connectivity index (χ0v) is 13.3. The molecular formula is C18H20O5. The van der Waals surface area contributed by atoms with Crippen LogP contribution in [0, 0.1) is 11.8 Å². The molecule has 0 N–H and O–H groups in total. The SMILES string of the molecule is CC1=CC(O/C=C2/C(=O)OC3C4=C(CCC[C@@H]4C)C[C@H]23)OC1=O. The number of ether oxygens (including phenoxy) is 3. The molecule has 0 aromatic heterocycles. The van der Waals surface area contributed by atoms with E-state index in [1.807, 2.05) is 0 Å². The van der Waals surface area contributed by atoms with Crippen LogP contribution in [0.5, 0.6) is 0 Å². The van der Waals surface area contributed by atoms with Gasteiger partial charge in [-0.25, -0.2) is 9.59 Å². The molecule has 1 fully saturated rings. The fourth-order valence-electron chi connectivity index (χ4n) is 4.16. The van der Waals surface area contributed by atoms with Crippen molar-refractivity contribution in [3.8, 4) is 0 Å². The van der Waals surface area contributed by atoms with Crippen molar-refractivity contribution in [2.45, 2.75) is 51.9 Å². The summed E-state index contributed by atoms with van der Waals surface area (Å²) in [6.45, 7) is 3.89. The zero-order valence-electron chi connectivity index (χ0n) is 13.3. The second kappa shape index (κ2) is 5.25. The lowest BCUT2D eigenvalue weighted by molar-refractivity contribution is -0.152. The number of carbonyl (C=O) groups excluding carboxylic acids is 2. The van der Waals surface area contributed by atoms with E-state index in [2.05, 4.69) is 6.92 Å². The molecule has 0 amide bonds. The standard InChI is InChI=1S/C18H20O5/c1-9-4-3-5-11-7-12-13(18(20)23-16(12)15(9)11)8-21-14-6-10(2)17(19)22-14/h6,8-9,12,14,16H,3-5,7H2,1-2H3/b13-8+/t9-,12+,14?,16?/m0/s1. The van der Waals surface area contributed by atoms with Crippen molar-refractivity contribution < 1.29 is 23.8 Å². The van der Waals surface area contributed by atoms with E-state index in [0.717, 1.165) is 19.3 Å². The first-order valence-electron chi connectivity index (χ1n) is 8.22. The molecule has 0 spiro atoms. The molecule has 23 heavy (non-hydrogen) atoms. The van der Waals surface area contributed by atoms with E-state index in [-0.39, 0.29) is 24.0 Å². The van der Waals surface area contributed by atoms with Crippen LogP contribution in [-0.2, 0) is 23.8 Å². The van der Waals surface area contributed by atoms with Gasteiger partial charge < -0.3 is 14.2 Å². The van der Waals surface area contributed by atoms with Crippen LogP contribution in [0.1, 0.15) is 39.5 Å². The van der Waals surface area contributed by atoms with E-state index < -0.39 is 6.29 Å². The largest absolute Gasteiger partial charge is 0.458 e. The number of cyclic esters (lactones) is 1. The Morgan fingerprint density at radius 1 is 1.26 bits per heavy atom. The van der Waals surface area contributed by atoms with Gasteiger partial charge in [-0.1, -0.05) is 12.5 Å². The lowest BCUT2D eigenvalue weighted by atomic mass is 9.84. The lowest BCUT2D eigenvalue weighted by Gasteiger charge is -2.24. The predicted octanol–water partition coefficient (Wildman–Crippen LogP) is 2.78. The molecule has 2 unspecified atom stereocenters. The summed E-state index contributed by atoms with van der Waals surface area (Å²) < 4.78 is 16.1. The summed E-state index contributed by atoms with van der Waals surface area (Å²) in [6, 6.07) is 0. The Hall–Kier alpha value is -2.04. The lowest BCUT2D eigenvalue weighted by Crippen LogP contribution is -2.19. The highest BCUT2D eigenvalue weighted by atomic mass is 16.7. The second-order valence-electron chi connectivity index (χ2n) is 6.82. The van der Waals surface area contributed by atoms with Crippen molar-refractivity contribution >= 4 is 11.9 Å². The van der Waals surface area contributed by atoms with Crippen LogP contribution in [0.3, 0.4) is 0 Å². The smallest absolute Gasteiger partial charge is 0.338 e. The maximum Gasteiger partial charge on any atom is 0.338 e. The van der Waals surface area contributed by atoms with Crippen molar-refractivity contribution in [3.05, 3.63) is 34.6 Å². The molecule has 0 aromatic carbocycles. The molecule has 0 radical (unpaired) electrons. The van der Waals surface area contributed by atoms with Gasteiger partial charge in [0.05, 0.1) is 11.8 Å². The van der Waals surface area contributed by atoms with Crippen LogP contribution in [0.2, 0.25) is 0 Å². The highest BCUT2D eigenvalue weighted by Crippen LogP contribution is 2.50. The molecule has 2 aliphatic heterocycles. The molecule has 0 saturated carbocycles. The van der Waals surface area contributed by atoms with Crippen LogP contribution >= 0.6 is 0 Å². The number of esters is 2. The van der Waals surface area contributed by atoms with Crippen molar-refractivity contribution in [2.75, 3.05) is 0 Å². The Kier molecular flexibility index (Phi) is 3.32. The van der Waals surface area contributed by atoms with Gasteiger partial charge in [0.15, 0.2) is 0 Å². The zero-order chi connectivity index (χ0) is 16.1. The van der Waals surface area contributed by atoms with Crippen LogP contribution < -0.4 is 0 Å². The fourth-order valence-corrected chi connectivity index (χ4v) is 4.16. The summed E-state index contributed by atoms with van der Waals surface area (Å²) in [5.74, 6) is -0.153. The first-order valence-corrected chi connectivity index (χ1v) is 8.22. The maximum atomic E-state index is 12.2. The Bertz CT molecular complexity index is 669. The molecule has 4 aliphatic rings. The van der Waals surface area contributed by atoms with Crippen LogP contribution in [-0.4, -0.2) is 24.3 Å². The van der Waals surface area contributed by atoms with Gasteiger partial charge in [0.1, 0.15) is 6.10 Å². The Morgan fingerprint density at radius 2 is 2.09 bits per heavy atom. The third kappa shape index (κ3) is 2.30. The van der Waals surface area contributed by atoms with E-state index in [4.69, 9.17) is 14.2 Å². The minimum absolute atomic E-state index is 0.0511. The molecule has 2 aliphatic carbocycles. The second-order valence-corrected chi connectivity index (χ2v) is 6.82. The first kappa shape index (κ1) is 14.5. The monoisotopic (exact) mass is 316 g/mol. The Morgan fingerprint density at radius 3 is 2.83 bits per heavy atom. The summed E-state index contributed by atoms with van der Waals surface area (Å²) in [6.07, 6.45) is 6.55. The van der Waals surface area contributed by atoms with E-state index in [0.29, 0.717) is 17.1 Å². The Balaban J connectivity index is 1.52. The first-order chi connectivity index (χ1) is 11.0. The summed E-state index contributed by atoms with van der Waals surface area (Å²) in [5.41, 5.74) is 3.87. The van der Waals surface area contributed by atoms with Gasteiger partial charge >= 0.3 is 11.9 Å². The van der Waals surface area contributed by atoms with Gasteiger partial charge in [0.25, 0.3) is 6.29 Å². The van der Waals surface area contributed by atoms with Crippen molar-refractivity contribution in [1.82, 2.24) is 0 Å². The average molecular weight is 316 g/mol. The average Bonchev–Trinajstić information content (AvgIpc) is 3.10. The minimum atomic E-state index is -0.746. The van der Waals surface area contributed by atoms with Gasteiger partial charge in [-0.2, -0.15) is 0 Å². The number of fused-ring (bicyclic) bond motifs is 2. The van der Waals surface area contributed by atoms with Crippen LogP contribution in [0.4, 0.5) is 0 Å². The van der Waals surface area contributed by atoms with Crippen molar-refractivity contribution in [3.63, 3.8) is 0 Å². The van der Waals surface area contributed by atoms with Gasteiger partial charge in [-0.05, 0) is 44.1 Å². The molecule has 0 aromatic rings. The van der Waals surface area contributed by atoms with Gasteiger partial charge in [0, 0.05) is 17.6 Å². The third-order valence-electron chi connectivity index (χ3n) is 5.32. The highest BCUT2D eigenvalue weighted by molar-refractivity contribution is 5.92. The van der Waals surface area contributed by atoms with Gasteiger partial charge in [-0.3, -0.25) is 0 Å².